The highest BCUT2D eigenvalue weighted by molar-refractivity contribution is 7.15. The maximum Gasteiger partial charge on any atom is 0.267 e. The minimum absolute atomic E-state index is 0.255. The Morgan fingerprint density at radius 1 is 1.38 bits per heavy atom. The van der Waals surface area contributed by atoms with Crippen LogP contribution in [0.1, 0.15) is 27.3 Å². The van der Waals surface area contributed by atoms with Crippen LogP contribution < -0.4 is 10.9 Å². The zero-order chi connectivity index (χ0) is 16.8. The van der Waals surface area contributed by atoms with Crippen LogP contribution in [0.4, 0.5) is 5.13 Å². The van der Waals surface area contributed by atoms with E-state index < -0.39 is 11.5 Å². The molecule has 0 spiro atoms. The monoisotopic (exact) mass is 342 g/mol. The predicted octanol–water partition coefficient (Wildman–Crippen LogP) is 2.07. The molecule has 1 aliphatic rings. The van der Waals surface area contributed by atoms with Crippen molar-refractivity contribution in [2.45, 2.75) is 26.3 Å². The maximum atomic E-state index is 12.8. The third-order valence-corrected chi connectivity index (χ3v) is 4.90. The fourth-order valence-electron chi connectivity index (χ4n) is 3.13. The number of carbonyl (C=O) groups is 1. The minimum atomic E-state index is -0.671. The van der Waals surface area contributed by atoms with Gasteiger partial charge in [-0.15, -0.1) is 10.2 Å². The Morgan fingerprint density at radius 2 is 2.21 bits per heavy atom. The van der Waals surface area contributed by atoms with Gasteiger partial charge in [-0.2, -0.15) is 0 Å². The highest BCUT2D eigenvalue weighted by Crippen LogP contribution is 2.31. The van der Waals surface area contributed by atoms with Crippen LogP contribution >= 0.6 is 11.3 Å². The van der Waals surface area contributed by atoms with E-state index in [0.29, 0.717) is 22.1 Å². The molecule has 2 N–H and O–H groups in total. The maximum absolute atomic E-state index is 12.8. The average molecular weight is 342 g/mol. The van der Waals surface area contributed by atoms with E-state index in [1.807, 2.05) is 12.1 Å². The van der Waals surface area contributed by atoms with Gasteiger partial charge < -0.3 is 9.67 Å². The molecule has 0 fully saturated rings. The smallest absolute Gasteiger partial charge is 0.267 e. The Kier molecular flexibility index (Phi) is 3.34. The largest absolute Gasteiger partial charge is 0.506 e. The van der Waals surface area contributed by atoms with Crippen molar-refractivity contribution in [3.8, 4) is 5.75 Å². The molecule has 0 unspecified atom stereocenters. The first-order chi connectivity index (χ1) is 11.6. The second-order valence-corrected chi connectivity index (χ2v) is 6.86. The van der Waals surface area contributed by atoms with E-state index in [9.17, 15) is 14.7 Å². The zero-order valence-electron chi connectivity index (χ0n) is 12.9. The van der Waals surface area contributed by atoms with E-state index in [4.69, 9.17) is 0 Å². The van der Waals surface area contributed by atoms with Crippen LogP contribution in [0.5, 0.6) is 5.75 Å². The van der Waals surface area contributed by atoms with Crippen LogP contribution in [0.15, 0.2) is 23.0 Å². The summed E-state index contributed by atoms with van der Waals surface area (Å²) in [5.41, 5.74) is 0.993. The van der Waals surface area contributed by atoms with Gasteiger partial charge in [0, 0.05) is 11.9 Å². The normalized spacial score (nSPS) is 13.2. The van der Waals surface area contributed by atoms with E-state index in [-0.39, 0.29) is 11.3 Å². The zero-order valence-corrected chi connectivity index (χ0v) is 13.7. The van der Waals surface area contributed by atoms with Gasteiger partial charge in [-0.05, 0) is 31.4 Å². The lowest BCUT2D eigenvalue weighted by atomic mass is 9.99. The molecule has 1 aromatic carbocycles. The molecule has 122 valence electrons. The minimum Gasteiger partial charge on any atom is -0.506 e. The summed E-state index contributed by atoms with van der Waals surface area (Å²) in [7, 11) is 0. The number of hydrogen-bond acceptors (Lipinski definition) is 6. The Hall–Kier alpha value is -2.74. The third-order valence-electron chi connectivity index (χ3n) is 4.14. The first-order valence-electron chi connectivity index (χ1n) is 7.55. The van der Waals surface area contributed by atoms with Gasteiger partial charge in [-0.25, -0.2) is 0 Å². The number of aryl methyl sites for hydroxylation is 3. The standard InChI is InChI=1S/C16H14N4O3S/c1-8-18-19-16(24-8)17-14(22)11-13(21)10-6-2-4-9-5-3-7-20(12(9)10)15(11)23/h2,4,6,21H,3,5,7H2,1H3,(H,17,19,22). The van der Waals surface area contributed by atoms with Gasteiger partial charge in [0.05, 0.1) is 5.52 Å². The summed E-state index contributed by atoms with van der Waals surface area (Å²) in [6.45, 7) is 2.30. The molecule has 1 aliphatic heterocycles. The van der Waals surface area contributed by atoms with E-state index in [1.54, 1.807) is 17.6 Å². The van der Waals surface area contributed by atoms with Gasteiger partial charge in [-0.1, -0.05) is 23.5 Å². The number of rotatable bonds is 2. The molecule has 1 amide bonds. The summed E-state index contributed by atoms with van der Waals surface area (Å²) in [5.74, 6) is -0.955. The summed E-state index contributed by atoms with van der Waals surface area (Å²) < 4.78 is 1.58. The number of hydrogen-bond donors (Lipinski definition) is 2. The molecule has 2 aromatic heterocycles. The van der Waals surface area contributed by atoms with E-state index >= 15 is 0 Å². The predicted molar refractivity (Wildman–Crippen MR) is 90.8 cm³/mol. The highest BCUT2D eigenvalue weighted by atomic mass is 32.1. The molecule has 0 radical (unpaired) electrons. The number of aromatic hydroxyl groups is 1. The van der Waals surface area contributed by atoms with Gasteiger partial charge in [0.15, 0.2) is 0 Å². The molecule has 3 aromatic rings. The number of pyridine rings is 1. The third kappa shape index (κ3) is 2.18. The first-order valence-corrected chi connectivity index (χ1v) is 8.36. The number of benzene rings is 1. The number of anilines is 1. The van der Waals surface area contributed by atoms with E-state index in [2.05, 4.69) is 15.5 Å². The second kappa shape index (κ2) is 5.41. The average Bonchev–Trinajstić information content (AvgIpc) is 2.97. The van der Waals surface area contributed by atoms with Gasteiger partial charge in [0.2, 0.25) is 5.13 Å². The highest BCUT2D eigenvalue weighted by Gasteiger charge is 2.25. The fourth-order valence-corrected chi connectivity index (χ4v) is 3.71. The van der Waals surface area contributed by atoms with Crippen LogP contribution in [0, 0.1) is 6.92 Å². The van der Waals surface area contributed by atoms with Crippen molar-refractivity contribution < 1.29 is 9.90 Å². The summed E-state index contributed by atoms with van der Waals surface area (Å²) in [6.07, 6.45) is 1.68. The topological polar surface area (TPSA) is 97.1 Å². The quantitative estimate of drug-likeness (QED) is 0.743. The van der Waals surface area contributed by atoms with Crippen LogP contribution in [0.25, 0.3) is 10.9 Å². The first kappa shape index (κ1) is 14.8. The Bertz CT molecular complexity index is 1040. The number of nitrogens with zero attached hydrogens (tertiary/aromatic N) is 3. The molecule has 0 saturated carbocycles. The van der Waals surface area contributed by atoms with Crippen LogP contribution in [0.2, 0.25) is 0 Å². The molecule has 0 bridgehead atoms. The molecule has 8 heteroatoms. The number of nitrogens with one attached hydrogen (secondary N) is 1. The van der Waals surface area contributed by atoms with Crippen LogP contribution in [0.3, 0.4) is 0 Å². The molecule has 7 nitrogen and oxygen atoms in total. The summed E-state index contributed by atoms with van der Waals surface area (Å²) in [4.78, 5) is 25.3. The Labute approximate surface area is 140 Å². The van der Waals surface area contributed by atoms with Crippen molar-refractivity contribution >= 4 is 33.3 Å². The van der Waals surface area contributed by atoms with Crippen molar-refractivity contribution in [2.24, 2.45) is 0 Å². The molecule has 0 saturated heterocycles. The summed E-state index contributed by atoms with van der Waals surface area (Å²) in [6, 6.07) is 5.50. The molecule has 0 aliphatic carbocycles. The SMILES string of the molecule is Cc1nnc(NC(=O)c2c(O)c3cccc4c3n(c2=O)CCC4)s1. The number of amides is 1. The van der Waals surface area contributed by atoms with E-state index in [1.165, 1.54) is 11.3 Å². The van der Waals surface area contributed by atoms with Gasteiger partial charge in [0.25, 0.3) is 11.5 Å². The molecular formula is C16H14N4O3S. The van der Waals surface area contributed by atoms with Crippen molar-refractivity contribution in [3.63, 3.8) is 0 Å². The van der Waals surface area contributed by atoms with Gasteiger partial charge >= 0.3 is 0 Å². The van der Waals surface area contributed by atoms with Crippen molar-refractivity contribution in [2.75, 3.05) is 5.32 Å². The lowest BCUT2D eigenvalue weighted by Gasteiger charge is -2.21. The van der Waals surface area contributed by atoms with Crippen LogP contribution in [-0.2, 0) is 13.0 Å². The number of aromatic nitrogens is 3. The molecule has 4 rings (SSSR count). The van der Waals surface area contributed by atoms with Crippen LogP contribution in [-0.4, -0.2) is 25.8 Å². The van der Waals surface area contributed by atoms with Crippen molar-refractivity contribution in [1.82, 2.24) is 14.8 Å². The number of para-hydroxylation sites is 1. The summed E-state index contributed by atoms with van der Waals surface area (Å²) >= 11 is 1.21. The lowest BCUT2D eigenvalue weighted by Crippen LogP contribution is -2.31. The van der Waals surface area contributed by atoms with Crippen molar-refractivity contribution in [1.29, 1.82) is 0 Å². The lowest BCUT2D eigenvalue weighted by molar-refractivity contribution is 0.102. The molecular weight excluding hydrogens is 328 g/mol. The molecule has 0 atom stereocenters. The molecule has 3 heterocycles. The Balaban J connectivity index is 1.90. The van der Waals surface area contributed by atoms with Gasteiger partial charge in [-0.3, -0.25) is 14.9 Å². The Morgan fingerprint density at radius 3 is 2.96 bits per heavy atom. The molecule has 24 heavy (non-hydrogen) atoms. The summed E-state index contributed by atoms with van der Waals surface area (Å²) in [5, 5.41) is 22.2. The van der Waals surface area contributed by atoms with Crippen molar-refractivity contribution in [3.05, 3.63) is 44.7 Å². The fraction of sp³-hybridized carbons (Fsp3) is 0.250. The van der Waals surface area contributed by atoms with E-state index in [0.717, 1.165) is 23.9 Å². The number of carbonyl (C=O) groups excluding carboxylic acids is 1. The van der Waals surface area contributed by atoms with Gasteiger partial charge in [0.1, 0.15) is 16.3 Å². The second-order valence-electron chi connectivity index (χ2n) is 5.68.